The molecule has 0 bridgehead atoms. The molecule has 0 saturated heterocycles. The van der Waals surface area contributed by atoms with E-state index in [-0.39, 0.29) is 17.8 Å². The quantitative estimate of drug-likeness (QED) is 0.930. The monoisotopic (exact) mass is 328 g/mol. The number of aromatic nitrogens is 3. The molecule has 0 fully saturated rings. The van der Waals surface area contributed by atoms with Gasteiger partial charge in [0.15, 0.2) is 0 Å². The summed E-state index contributed by atoms with van der Waals surface area (Å²) in [6, 6.07) is 4.39. The minimum absolute atomic E-state index is 0.0507. The van der Waals surface area contributed by atoms with Gasteiger partial charge in [-0.3, -0.25) is 0 Å². The third kappa shape index (κ3) is 3.28. The fraction of sp³-hybridized carbons (Fsp3) is 0.182. The van der Waals surface area contributed by atoms with E-state index in [9.17, 15) is 4.39 Å². The predicted octanol–water partition coefficient (Wildman–Crippen LogP) is 2.62. The molecule has 0 atom stereocenters. The Kier molecular flexibility index (Phi) is 4.10. The minimum atomic E-state index is -0.378. The van der Waals surface area contributed by atoms with Gasteiger partial charge < -0.3 is 14.8 Å². The number of hydrogen-bond acceptors (Lipinski definition) is 6. The number of anilines is 1. The maximum absolute atomic E-state index is 13.1. The van der Waals surface area contributed by atoms with Gasteiger partial charge in [0.05, 0.1) is 11.6 Å². The van der Waals surface area contributed by atoms with Crippen LogP contribution in [0.15, 0.2) is 22.7 Å². The lowest BCUT2D eigenvalue weighted by atomic mass is 10.3. The van der Waals surface area contributed by atoms with Crippen molar-refractivity contribution in [1.82, 2.24) is 15.0 Å². The smallest absolute Gasteiger partial charge is 0.330 e. The van der Waals surface area contributed by atoms with Gasteiger partial charge in [0.2, 0.25) is 5.95 Å². The molecule has 0 saturated carbocycles. The summed E-state index contributed by atoms with van der Waals surface area (Å²) in [7, 11) is 3.10. The number of rotatable bonds is 4. The Hall–Kier alpha value is -1.96. The first kappa shape index (κ1) is 13.5. The Labute approximate surface area is 117 Å². The summed E-state index contributed by atoms with van der Waals surface area (Å²) in [5.41, 5.74) is 0. The molecule has 0 spiro atoms. The summed E-state index contributed by atoms with van der Waals surface area (Å²) < 4.78 is 23.7. The molecule has 1 aromatic carbocycles. The summed E-state index contributed by atoms with van der Waals surface area (Å²) >= 11 is 3.07. The Balaban J connectivity index is 2.29. The van der Waals surface area contributed by atoms with Crippen molar-refractivity contribution in [2.45, 2.75) is 0 Å². The van der Waals surface area contributed by atoms with Crippen molar-refractivity contribution in [2.24, 2.45) is 0 Å². The second-order valence-corrected chi connectivity index (χ2v) is 4.21. The molecule has 0 aliphatic rings. The molecule has 0 unspecified atom stereocenters. The molecule has 6 nitrogen and oxygen atoms in total. The van der Waals surface area contributed by atoms with Crippen LogP contribution in [0.25, 0.3) is 0 Å². The van der Waals surface area contributed by atoms with Crippen molar-refractivity contribution < 1.29 is 13.9 Å². The molecule has 0 aliphatic heterocycles. The molecule has 0 radical (unpaired) electrons. The highest BCUT2D eigenvalue weighted by Gasteiger charge is 2.09. The van der Waals surface area contributed by atoms with Gasteiger partial charge >= 0.3 is 12.0 Å². The fourth-order valence-electron chi connectivity index (χ4n) is 1.23. The molecule has 19 heavy (non-hydrogen) atoms. The molecule has 1 N–H and O–H groups in total. The lowest BCUT2D eigenvalue weighted by Gasteiger charge is -2.07. The van der Waals surface area contributed by atoms with Crippen molar-refractivity contribution in [2.75, 3.05) is 19.5 Å². The van der Waals surface area contributed by atoms with E-state index in [1.54, 1.807) is 7.05 Å². The lowest BCUT2D eigenvalue weighted by molar-refractivity contribution is 0.360. The number of halogens is 2. The van der Waals surface area contributed by atoms with Crippen LogP contribution in [0, 0.1) is 5.82 Å². The van der Waals surface area contributed by atoms with Crippen LogP contribution in [-0.4, -0.2) is 29.1 Å². The van der Waals surface area contributed by atoms with E-state index in [1.165, 1.54) is 25.3 Å². The SMILES string of the molecule is CNc1nc(OC)nc(Oc2ccc(F)c(Br)c2)n1. The van der Waals surface area contributed by atoms with Crippen LogP contribution >= 0.6 is 15.9 Å². The summed E-state index contributed by atoms with van der Waals surface area (Å²) in [4.78, 5) is 11.9. The maximum Gasteiger partial charge on any atom is 0.330 e. The first-order valence-corrected chi connectivity index (χ1v) is 6.02. The molecule has 100 valence electrons. The van der Waals surface area contributed by atoms with Crippen LogP contribution in [-0.2, 0) is 0 Å². The minimum Gasteiger partial charge on any atom is -0.467 e. The van der Waals surface area contributed by atoms with Crippen LogP contribution in [0.4, 0.5) is 10.3 Å². The van der Waals surface area contributed by atoms with Gasteiger partial charge in [0, 0.05) is 7.05 Å². The van der Waals surface area contributed by atoms with Crippen LogP contribution in [0.2, 0.25) is 0 Å². The van der Waals surface area contributed by atoms with Crippen LogP contribution in [0.5, 0.6) is 17.8 Å². The van der Waals surface area contributed by atoms with E-state index in [4.69, 9.17) is 9.47 Å². The Morgan fingerprint density at radius 1 is 1.21 bits per heavy atom. The van der Waals surface area contributed by atoms with Gasteiger partial charge in [-0.05, 0) is 34.1 Å². The predicted molar refractivity (Wildman–Crippen MR) is 70.1 cm³/mol. The van der Waals surface area contributed by atoms with Gasteiger partial charge in [0.25, 0.3) is 0 Å². The zero-order valence-electron chi connectivity index (χ0n) is 10.1. The molecule has 2 rings (SSSR count). The lowest BCUT2D eigenvalue weighted by Crippen LogP contribution is -2.03. The van der Waals surface area contributed by atoms with Gasteiger partial charge in [0.1, 0.15) is 11.6 Å². The standard InChI is InChI=1S/C11H10BrFN4O2/c1-14-9-15-10(18-2)17-11(16-9)19-6-3-4-8(13)7(12)5-6/h3-5H,1-2H3,(H,14,15,16,17). The van der Waals surface area contributed by atoms with E-state index in [2.05, 4.69) is 36.2 Å². The third-order valence-electron chi connectivity index (χ3n) is 2.10. The molecular formula is C11H10BrFN4O2. The zero-order chi connectivity index (χ0) is 13.8. The van der Waals surface area contributed by atoms with E-state index < -0.39 is 0 Å². The maximum atomic E-state index is 13.1. The van der Waals surface area contributed by atoms with E-state index in [0.29, 0.717) is 16.2 Å². The number of methoxy groups -OCH3 is 1. The van der Waals surface area contributed by atoms with Gasteiger partial charge in [-0.25, -0.2) is 4.39 Å². The largest absolute Gasteiger partial charge is 0.467 e. The number of nitrogens with one attached hydrogen (secondary N) is 1. The fourth-order valence-corrected chi connectivity index (χ4v) is 1.59. The van der Waals surface area contributed by atoms with Gasteiger partial charge in [-0.15, -0.1) is 4.98 Å². The summed E-state index contributed by atoms with van der Waals surface area (Å²) in [6.07, 6.45) is 0. The molecule has 1 heterocycles. The second kappa shape index (κ2) is 5.79. The Bertz CT molecular complexity index is 575. The average Bonchev–Trinajstić information content (AvgIpc) is 2.42. The first-order chi connectivity index (χ1) is 9.12. The number of hydrogen-bond donors (Lipinski definition) is 1. The highest BCUT2D eigenvalue weighted by Crippen LogP contribution is 2.25. The summed E-state index contributed by atoms with van der Waals surface area (Å²) in [6.45, 7) is 0. The summed E-state index contributed by atoms with van der Waals surface area (Å²) in [5, 5.41) is 2.76. The van der Waals surface area contributed by atoms with E-state index in [1.807, 2.05) is 0 Å². The Morgan fingerprint density at radius 3 is 2.58 bits per heavy atom. The molecular weight excluding hydrogens is 319 g/mol. The van der Waals surface area contributed by atoms with Crippen LogP contribution < -0.4 is 14.8 Å². The van der Waals surface area contributed by atoms with Crippen molar-refractivity contribution in [1.29, 1.82) is 0 Å². The number of benzene rings is 1. The topological polar surface area (TPSA) is 69.2 Å². The van der Waals surface area contributed by atoms with Gasteiger partial charge in [-0.1, -0.05) is 0 Å². The van der Waals surface area contributed by atoms with Crippen molar-refractivity contribution >= 4 is 21.9 Å². The van der Waals surface area contributed by atoms with Crippen LogP contribution in [0.1, 0.15) is 0 Å². The molecule has 8 heteroatoms. The van der Waals surface area contributed by atoms with Crippen molar-refractivity contribution in [3.63, 3.8) is 0 Å². The van der Waals surface area contributed by atoms with Gasteiger partial charge in [-0.2, -0.15) is 9.97 Å². The van der Waals surface area contributed by atoms with Crippen LogP contribution in [0.3, 0.4) is 0 Å². The summed E-state index contributed by atoms with van der Waals surface area (Å²) in [5.74, 6) is 0.322. The molecule has 1 aromatic heterocycles. The van der Waals surface area contributed by atoms with Crippen molar-refractivity contribution in [3.8, 4) is 17.8 Å². The molecule has 0 amide bonds. The Morgan fingerprint density at radius 2 is 1.95 bits per heavy atom. The highest BCUT2D eigenvalue weighted by molar-refractivity contribution is 9.10. The molecule has 0 aliphatic carbocycles. The number of nitrogens with zero attached hydrogens (tertiary/aromatic N) is 3. The second-order valence-electron chi connectivity index (χ2n) is 3.36. The van der Waals surface area contributed by atoms with E-state index in [0.717, 1.165) is 0 Å². The third-order valence-corrected chi connectivity index (χ3v) is 2.71. The number of ether oxygens (including phenoxy) is 2. The highest BCUT2D eigenvalue weighted by atomic mass is 79.9. The van der Waals surface area contributed by atoms with Crippen molar-refractivity contribution in [3.05, 3.63) is 28.5 Å². The van der Waals surface area contributed by atoms with E-state index >= 15 is 0 Å². The normalized spacial score (nSPS) is 10.1. The molecule has 2 aromatic rings. The average molecular weight is 329 g/mol. The first-order valence-electron chi connectivity index (χ1n) is 5.23. The zero-order valence-corrected chi connectivity index (χ0v) is 11.7.